The normalized spacial score (nSPS) is 15.6. The summed E-state index contributed by atoms with van der Waals surface area (Å²) in [4.78, 5) is 138. The van der Waals surface area contributed by atoms with E-state index in [9.17, 15) is 74.5 Å². The molecular formula is C77H64N20O15S5. The van der Waals surface area contributed by atoms with Gasteiger partial charge in [-0.25, -0.2) is 0 Å². The van der Waals surface area contributed by atoms with Gasteiger partial charge in [-0.1, -0.05) is 102 Å². The maximum Gasteiger partial charge on any atom is 0.294 e. The molecule has 5 unspecified atom stereocenters. The second-order valence-corrected chi connectivity index (χ2v) is 28.2. The number of amides is 5. The highest BCUT2D eigenvalue weighted by molar-refractivity contribution is 7.81. The number of hydrogen-bond acceptors (Lipinski definition) is 25. The van der Waals surface area contributed by atoms with Crippen LogP contribution in [0, 0.1) is 50.6 Å². The number of rotatable bonds is 17. The molecule has 0 spiro atoms. The molecule has 0 radical (unpaired) electrons. The highest BCUT2D eigenvalue weighted by Crippen LogP contribution is 2.46. The zero-order chi connectivity index (χ0) is 84.2. The molecule has 40 heteroatoms. The summed E-state index contributed by atoms with van der Waals surface area (Å²) in [7, 11) is 0. The molecule has 35 nitrogen and oxygen atoms in total. The summed E-state index contributed by atoms with van der Waals surface area (Å²) in [6.45, 7) is 9.69. The second-order valence-electron chi connectivity index (χ2n) is 26.0. The Bertz CT molecular complexity index is 5300. The fourth-order valence-electron chi connectivity index (χ4n) is 12.6. The van der Waals surface area contributed by atoms with Crippen molar-refractivity contribution in [3.63, 3.8) is 0 Å². The number of aromatic nitrogens is 5. The maximum atomic E-state index is 12.3. The molecule has 5 aromatic carbocycles. The smallest absolute Gasteiger partial charge is 0.294 e. The van der Waals surface area contributed by atoms with Gasteiger partial charge >= 0.3 is 0 Å². The number of nitro benzene ring substituents is 5. The summed E-state index contributed by atoms with van der Waals surface area (Å²) in [5, 5.41) is 84.4. The average molecular weight is 1670 g/mol. The molecule has 0 fully saturated rings. The van der Waals surface area contributed by atoms with Crippen molar-refractivity contribution in [2.75, 3.05) is 53.2 Å². The number of carbonyl (C=O) groups excluding carboxylic acids is 5. The van der Waals surface area contributed by atoms with E-state index < -0.39 is 54.2 Å². The van der Waals surface area contributed by atoms with Gasteiger partial charge in [0.15, 0.2) is 0 Å². The van der Waals surface area contributed by atoms with E-state index in [1.807, 2.05) is 34.6 Å². The number of fused-ring (bicyclic) bond motifs is 5. The fraction of sp³-hybridized carbons (Fsp3) is 0.156. The highest BCUT2D eigenvalue weighted by Gasteiger charge is 2.36. The summed E-state index contributed by atoms with van der Waals surface area (Å²) in [6, 6.07) is 32.5. The van der Waals surface area contributed by atoms with Crippen molar-refractivity contribution < 1.29 is 48.6 Å². The number of hydrogen-bond donors (Lipinski definition) is 10. The predicted octanol–water partition coefficient (Wildman–Crippen LogP) is 16.3. The van der Waals surface area contributed by atoms with E-state index in [1.54, 1.807) is 91.3 Å². The molecule has 5 aromatic heterocycles. The van der Waals surface area contributed by atoms with Gasteiger partial charge in [-0.2, -0.15) is 0 Å². The molecule has 10 aromatic rings. The lowest BCUT2D eigenvalue weighted by molar-refractivity contribution is -0.384. The van der Waals surface area contributed by atoms with Crippen molar-refractivity contribution in [2.45, 2.75) is 77.0 Å². The topological polar surface area (TPSA) is 486 Å². The zero-order valence-electron chi connectivity index (χ0n) is 61.8. The van der Waals surface area contributed by atoms with Gasteiger partial charge in [0, 0.05) is 155 Å². The Labute approximate surface area is 689 Å². The Morgan fingerprint density at radius 3 is 0.897 bits per heavy atom. The average Bonchev–Trinajstić information content (AvgIpc) is 1.68. The van der Waals surface area contributed by atoms with Crippen LogP contribution in [0.1, 0.15) is 157 Å². The maximum absolute atomic E-state index is 12.3. The number of nitro groups is 5. The van der Waals surface area contributed by atoms with E-state index in [0.29, 0.717) is 75.6 Å². The molecule has 117 heavy (non-hydrogen) atoms. The summed E-state index contributed by atoms with van der Waals surface area (Å²) < 4.78 is 0. The highest BCUT2D eigenvalue weighted by atomic mass is 32.1. The van der Waals surface area contributed by atoms with Gasteiger partial charge in [-0.15, -0.1) is 0 Å². The molecule has 5 aliphatic heterocycles. The largest absolute Gasteiger partial charge is 0.349 e. The van der Waals surface area contributed by atoms with Crippen LogP contribution in [0.5, 0.6) is 0 Å². The number of carbonyl (C=O) groups is 5. The number of anilines is 10. The van der Waals surface area contributed by atoms with Gasteiger partial charge in [0.1, 0.15) is 34.1 Å². The Morgan fingerprint density at radius 1 is 0.342 bits per heavy atom. The van der Waals surface area contributed by atoms with Gasteiger partial charge in [0.2, 0.25) is 0 Å². The van der Waals surface area contributed by atoms with E-state index in [4.69, 9.17) is 61.1 Å². The number of pyridine rings is 5. The molecule has 10 heterocycles. The number of benzene rings is 5. The Morgan fingerprint density at radius 2 is 0.624 bits per heavy atom. The van der Waals surface area contributed by atoms with Crippen LogP contribution in [0.25, 0.3) is 0 Å². The molecule has 0 bridgehead atoms. The first-order chi connectivity index (χ1) is 55.9. The van der Waals surface area contributed by atoms with Crippen LogP contribution in [0.3, 0.4) is 0 Å². The van der Waals surface area contributed by atoms with E-state index in [-0.39, 0.29) is 92.2 Å². The van der Waals surface area contributed by atoms with E-state index in [0.717, 1.165) is 40.7 Å². The van der Waals surface area contributed by atoms with E-state index >= 15 is 0 Å². The summed E-state index contributed by atoms with van der Waals surface area (Å²) >= 11 is 26.1. The monoisotopic (exact) mass is 1670 g/mol. The van der Waals surface area contributed by atoms with Gasteiger partial charge < -0.3 is 53.2 Å². The zero-order valence-corrected chi connectivity index (χ0v) is 65.8. The van der Waals surface area contributed by atoms with Crippen molar-refractivity contribution in [3.05, 3.63) is 290 Å². The molecule has 5 atom stereocenters. The minimum Gasteiger partial charge on any atom is -0.349 e. The SMILES string of the molecule is CC1C(=S)Nc2cc([N+](=O)[O-])c(NC(=O)c3ccccn3)cc21.CC1C(=S)Nc2cc([N+](=O)[O-])c(NC(=O)c3cccnc3)cc21.CC1C(=S)Nc2cc([N+](=O)[O-])c(NC(=O)c3ccncc3)cc21.CCC1C(=S)Nc2cc([N+](=O)[O-])c(NC(=O)c3cccnc3)cc21.CCC1C(=S)Nc2cc([N+](=O)[O-])c(NC(=O)c3ccncc3)cc21. The van der Waals surface area contributed by atoms with Gasteiger partial charge in [-0.3, -0.25) is 99.5 Å². The lowest BCUT2D eigenvalue weighted by atomic mass is 9.97. The first-order valence-corrected chi connectivity index (χ1v) is 37.2. The molecular weight excluding hydrogens is 1610 g/mol. The lowest BCUT2D eigenvalue weighted by Gasteiger charge is -2.10. The number of nitrogens with zero attached hydrogens (tertiary/aromatic N) is 10. The third kappa shape index (κ3) is 19.1. The molecule has 0 saturated carbocycles. The summed E-state index contributed by atoms with van der Waals surface area (Å²) in [5.74, 6) is -2.47. The van der Waals surface area contributed by atoms with Crippen LogP contribution in [0.4, 0.5) is 85.3 Å². The third-order valence-electron chi connectivity index (χ3n) is 18.8. The molecule has 0 saturated heterocycles. The van der Waals surface area contributed by atoms with Gasteiger partial charge in [0.25, 0.3) is 58.0 Å². The summed E-state index contributed by atoms with van der Waals surface area (Å²) in [6.07, 6.45) is 14.9. The van der Waals surface area contributed by atoms with Crippen molar-refractivity contribution in [1.29, 1.82) is 0 Å². The minimum atomic E-state index is -0.540. The van der Waals surface area contributed by atoms with Crippen molar-refractivity contribution in [2.24, 2.45) is 0 Å². The van der Waals surface area contributed by atoms with E-state index in [1.165, 1.54) is 91.9 Å². The van der Waals surface area contributed by atoms with E-state index in [2.05, 4.69) is 78.1 Å². The quantitative estimate of drug-likeness (QED) is 0.0230. The fourth-order valence-corrected chi connectivity index (χ4v) is 14.1. The second kappa shape index (κ2) is 36.6. The van der Waals surface area contributed by atoms with Gasteiger partial charge in [0.05, 0.1) is 60.7 Å². The number of thiocarbonyl (C=S) groups is 5. The molecule has 15 rings (SSSR count). The van der Waals surface area contributed by atoms with Crippen molar-refractivity contribution >= 4 is 201 Å². The molecule has 0 aliphatic carbocycles. The molecule has 5 amide bonds. The Kier molecular flexibility index (Phi) is 26.2. The van der Waals surface area contributed by atoms with Crippen LogP contribution in [0.2, 0.25) is 0 Å². The van der Waals surface area contributed by atoms with Crippen LogP contribution in [-0.4, -0.2) is 104 Å². The molecule has 5 aliphatic rings. The molecule has 10 N–H and O–H groups in total. The van der Waals surface area contributed by atoms with Crippen LogP contribution < -0.4 is 53.2 Å². The third-order valence-corrected chi connectivity index (χ3v) is 20.9. The first-order valence-electron chi connectivity index (χ1n) is 35.2. The Hall–Kier alpha value is -14.4. The molecule has 592 valence electrons. The first kappa shape index (κ1) is 83.6. The Balaban J connectivity index is 0.000000144. The predicted molar refractivity (Wildman–Crippen MR) is 459 cm³/mol. The lowest BCUT2D eigenvalue weighted by Crippen LogP contribution is -2.14. The minimum absolute atomic E-state index is 0.00705. The van der Waals surface area contributed by atoms with Crippen LogP contribution in [-0.2, 0) is 0 Å². The van der Waals surface area contributed by atoms with Crippen molar-refractivity contribution in [1.82, 2.24) is 24.9 Å². The summed E-state index contributed by atoms with van der Waals surface area (Å²) in [5.41, 5.74) is 8.61. The van der Waals surface area contributed by atoms with Crippen LogP contribution >= 0.6 is 61.1 Å². The van der Waals surface area contributed by atoms with Gasteiger partial charge in [-0.05, 0) is 132 Å². The number of nitrogens with one attached hydrogen (secondary N) is 10. The van der Waals surface area contributed by atoms with Crippen molar-refractivity contribution in [3.8, 4) is 0 Å². The van der Waals surface area contributed by atoms with Crippen LogP contribution in [0.15, 0.2) is 183 Å². The standard InChI is InChI=1S/2C16H14N4O3S.3C15H12N4O3S/c1-2-10-11-7-13(18-15(21)9-3-5-17-6-4-9)14(20(22)23)8-12(11)19-16(10)24;1-2-10-11-6-13(18-15(21)9-4-3-5-17-8-9)14(20(22)23)7-12(11)19-16(10)24;1-8-10-6-12(17-14(20)9-2-4-16-5-3-9)13(19(21)22)7-11(10)18-15(8)23;1-8-10-5-12(17-14(20)9-3-2-4-16-7-9)13(19(21)22)6-11(10)18-15(8)23;1-8-9-6-12(17-14(20)10-4-2-3-5-16-10)13(19(21)22)7-11(9)18-15(8)23/h2*3-8,10H,2H2,1H3,(H,18,21)(H,19,24);3*2-8H,1H3,(H,17,20)(H,18,23).